The molecule has 2 rings (SSSR count). The summed E-state index contributed by atoms with van der Waals surface area (Å²) in [6.07, 6.45) is 0. The van der Waals surface area contributed by atoms with E-state index in [1.54, 1.807) is 0 Å². The molecule has 1 amide bonds. The van der Waals surface area contributed by atoms with Crippen LogP contribution in [0.25, 0.3) is 0 Å². The standard InChI is InChI=1S/C17H17Br2NO/c1-12-8-9-14(19)10-15(12)16(21)20-17(2,11-18)13-6-4-3-5-7-13/h3-10H,11H2,1-2H3,(H,20,21). The third kappa shape index (κ3) is 3.74. The van der Waals surface area contributed by atoms with E-state index in [1.807, 2.05) is 62.4 Å². The van der Waals surface area contributed by atoms with Gasteiger partial charge in [0.2, 0.25) is 0 Å². The number of halogens is 2. The van der Waals surface area contributed by atoms with E-state index in [4.69, 9.17) is 0 Å². The quantitative estimate of drug-likeness (QED) is 0.720. The summed E-state index contributed by atoms with van der Waals surface area (Å²) in [6.45, 7) is 3.96. The average molecular weight is 411 g/mol. The van der Waals surface area contributed by atoms with Crippen LogP contribution in [-0.2, 0) is 5.54 Å². The molecule has 0 spiro atoms. The molecule has 0 radical (unpaired) electrons. The number of hydrogen-bond donors (Lipinski definition) is 1. The molecule has 110 valence electrons. The fraction of sp³-hybridized carbons (Fsp3) is 0.235. The number of aryl methyl sites for hydroxylation is 1. The van der Waals surface area contributed by atoms with E-state index >= 15 is 0 Å². The van der Waals surface area contributed by atoms with Gasteiger partial charge >= 0.3 is 0 Å². The van der Waals surface area contributed by atoms with Gasteiger partial charge in [0.05, 0.1) is 5.54 Å². The van der Waals surface area contributed by atoms with Crippen molar-refractivity contribution in [2.45, 2.75) is 19.4 Å². The van der Waals surface area contributed by atoms with Gasteiger partial charge in [-0.1, -0.05) is 68.3 Å². The first-order valence-electron chi connectivity index (χ1n) is 6.66. The fourth-order valence-corrected chi connectivity index (χ4v) is 2.97. The molecule has 0 aliphatic rings. The third-order valence-corrected chi connectivity index (χ3v) is 5.13. The second-order valence-corrected chi connectivity index (χ2v) is 6.72. The maximum absolute atomic E-state index is 12.6. The maximum atomic E-state index is 12.6. The lowest BCUT2D eigenvalue weighted by Gasteiger charge is -2.30. The van der Waals surface area contributed by atoms with Crippen LogP contribution in [0.15, 0.2) is 53.0 Å². The van der Waals surface area contributed by atoms with Crippen LogP contribution in [0.1, 0.15) is 28.4 Å². The number of hydrogen-bond acceptors (Lipinski definition) is 1. The van der Waals surface area contributed by atoms with Crippen molar-refractivity contribution in [1.29, 1.82) is 0 Å². The van der Waals surface area contributed by atoms with Crippen LogP contribution in [0.3, 0.4) is 0 Å². The van der Waals surface area contributed by atoms with Crippen molar-refractivity contribution in [3.05, 3.63) is 69.7 Å². The number of nitrogens with one attached hydrogen (secondary N) is 1. The molecule has 1 atom stereocenters. The van der Waals surface area contributed by atoms with Gasteiger partial charge < -0.3 is 5.32 Å². The molecule has 0 heterocycles. The highest BCUT2D eigenvalue weighted by atomic mass is 79.9. The molecule has 0 fully saturated rings. The first-order chi connectivity index (χ1) is 9.96. The summed E-state index contributed by atoms with van der Waals surface area (Å²) < 4.78 is 0.901. The lowest BCUT2D eigenvalue weighted by atomic mass is 9.93. The highest BCUT2D eigenvalue weighted by Crippen LogP contribution is 2.24. The first-order valence-corrected chi connectivity index (χ1v) is 8.58. The maximum Gasteiger partial charge on any atom is 0.252 e. The zero-order valence-corrected chi connectivity index (χ0v) is 15.2. The minimum Gasteiger partial charge on any atom is -0.342 e. The molecule has 2 nitrogen and oxygen atoms in total. The molecule has 0 aliphatic heterocycles. The zero-order valence-electron chi connectivity index (χ0n) is 12.0. The van der Waals surface area contributed by atoms with Crippen LogP contribution in [0, 0.1) is 6.92 Å². The monoisotopic (exact) mass is 409 g/mol. The Hall–Kier alpha value is -1.13. The molecule has 0 aromatic heterocycles. The van der Waals surface area contributed by atoms with E-state index in [2.05, 4.69) is 37.2 Å². The van der Waals surface area contributed by atoms with Crippen molar-refractivity contribution in [2.24, 2.45) is 0 Å². The average Bonchev–Trinajstić information content (AvgIpc) is 2.50. The van der Waals surface area contributed by atoms with E-state index in [9.17, 15) is 4.79 Å². The Balaban J connectivity index is 2.30. The van der Waals surface area contributed by atoms with E-state index in [0.29, 0.717) is 10.9 Å². The van der Waals surface area contributed by atoms with Crippen molar-refractivity contribution in [2.75, 3.05) is 5.33 Å². The molecular weight excluding hydrogens is 394 g/mol. The van der Waals surface area contributed by atoms with Crippen molar-refractivity contribution in [3.63, 3.8) is 0 Å². The summed E-state index contributed by atoms with van der Waals surface area (Å²) in [5.74, 6) is -0.0698. The lowest BCUT2D eigenvalue weighted by molar-refractivity contribution is 0.0913. The summed E-state index contributed by atoms with van der Waals surface area (Å²) in [5.41, 5.74) is 2.27. The topological polar surface area (TPSA) is 29.1 Å². The van der Waals surface area contributed by atoms with Crippen LogP contribution in [0.2, 0.25) is 0 Å². The fourth-order valence-electron chi connectivity index (χ4n) is 2.15. The molecule has 0 aliphatic carbocycles. The van der Waals surface area contributed by atoms with E-state index in [1.165, 1.54) is 0 Å². The minimum atomic E-state index is -0.451. The molecule has 4 heteroatoms. The number of carbonyl (C=O) groups excluding carboxylic acids is 1. The normalized spacial score (nSPS) is 13.5. The van der Waals surface area contributed by atoms with Crippen molar-refractivity contribution in [3.8, 4) is 0 Å². The first kappa shape index (κ1) is 16.2. The largest absolute Gasteiger partial charge is 0.342 e. The molecule has 2 aromatic rings. The predicted molar refractivity (Wildman–Crippen MR) is 93.9 cm³/mol. The van der Waals surface area contributed by atoms with Gasteiger partial charge in [-0.15, -0.1) is 0 Å². The van der Waals surface area contributed by atoms with Crippen molar-refractivity contribution in [1.82, 2.24) is 5.32 Å². The molecule has 2 aromatic carbocycles. The van der Waals surface area contributed by atoms with Crippen LogP contribution < -0.4 is 5.32 Å². The van der Waals surface area contributed by atoms with E-state index in [-0.39, 0.29) is 5.91 Å². The summed E-state index contributed by atoms with van der Waals surface area (Å²) >= 11 is 6.94. The SMILES string of the molecule is Cc1ccc(Br)cc1C(=O)NC(C)(CBr)c1ccccc1. The Labute approximate surface area is 142 Å². The lowest BCUT2D eigenvalue weighted by Crippen LogP contribution is -2.45. The molecule has 0 saturated heterocycles. The Bertz CT molecular complexity index is 642. The van der Waals surface area contributed by atoms with Crippen molar-refractivity contribution >= 4 is 37.8 Å². The summed E-state index contributed by atoms with van der Waals surface area (Å²) in [7, 11) is 0. The minimum absolute atomic E-state index is 0.0698. The Morgan fingerprint density at radius 1 is 1.19 bits per heavy atom. The van der Waals surface area contributed by atoms with Crippen molar-refractivity contribution < 1.29 is 4.79 Å². The van der Waals surface area contributed by atoms with Gasteiger partial charge in [0.15, 0.2) is 0 Å². The van der Waals surface area contributed by atoms with Crippen LogP contribution in [0.4, 0.5) is 0 Å². The Morgan fingerprint density at radius 2 is 1.86 bits per heavy atom. The molecule has 21 heavy (non-hydrogen) atoms. The molecule has 1 unspecified atom stereocenters. The molecule has 0 saturated carbocycles. The second-order valence-electron chi connectivity index (χ2n) is 5.25. The molecular formula is C17H17Br2NO. The van der Waals surface area contributed by atoms with Gasteiger partial charge in [0, 0.05) is 15.4 Å². The van der Waals surface area contributed by atoms with Crippen LogP contribution in [-0.4, -0.2) is 11.2 Å². The van der Waals surface area contributed by atoms with Gasteiger partial charge in [-0.2, -0.15) is 0 Å². The van der Waals surface area contributed by atoms with Crippen LogP contribution in [0.5, 0.6) is 0 Å². The van der Waals surface area contributed by atoms with Gasteiger partial charge in [0.25, 0.3) is 5.91 Å². The predicted octanol–water partition coefficient (Wildman–Crippen LogP) is 4.80. The van der Waals surface area contributed by atoms with Crippen LogP contribution >= 0.6 is 31.9 Å². The number of benzene rings is 2. The Morgan fingerprint density at radius 3 is 2.48 bits per heavy atom. The summed E-state index contributed by atoms with van der Waals surface area (Å²) in [6, 6.07) is 15.7. The van der Waals surface area contributed by atoms with E-state index in [0.717, 1.165) is 15.6 Å². The second kappa shape index (κ2) is 6.75. The molecule has 0 bridgehead atoms. The van der Waals surface area contributed by atoms with Gasteiger partial charge in [0.1, 0.15) is 0 Å². The third-order valence-electron chi connectivity index (χ3n) is 3.51. The zero-order chi connectivity index (χ0) is 15.5. The van der Waals surface area contributed by atoms with Gasteiger partial charge in [-0.05, 0) is 37.1 Å². The summed E-state index contributed by atoms with van der Waals surface area (Å²) in [5, 5.41) is 3.78. The number of carbonyl (C=O) groups is 1. The van der Waals surface area contributed by atoms with Gasteiger partial charge in [-0.3, -0.25) is 4.79 Å². The number of amides is 1. The van der Waals surface area contributed by atoms with E-state index < -0.39 is 5.54 Å². The number of alkyl halides is 1. The smallest absolute Gasteiger partial charge is 0.252 e. The highest BCUT2D eigenvalue weighted by molar-refractivity contribution is 9.10. The van der Waals surface area contributed by atoms with Gasteiger partial charge in [-0.25, -0.2) is 0 Å². The summed E-state index contributed by atoms with van der Waals surface area (Å²) in [4.78, 5) is 12.6. The highest BCUT2D eigenvalue weighted by Gasteiger charge is 2.28. The molecule has 1 N–H and O–H groups in total. The Kier molecular flexibility index (Phi) is 5.22. The number of rotatable bonds is 4.